The smallest absolute Gasteiger partial charge is 0.0683 e. The van der Waals surface area contributed by atoms with Crippen LogP contribution in [0.3, 0.4) is 0 Å². The summed E-state index contributed by atoms with van der Waals surface area (Å²) in [4.78, 5) is 0. The van der Waals surface area contributed by atoms with Gasteiger partial charge in [-0.25, -0.2) is 0 Å². The predicted molar refractivity (Wildman–Crippen MR) is 72.7 cm³/mol. The molecule has 1 aliphatic rings. The fraction of sp³-hybridized carbons (Fsp3) is 0.818. The number of halogens is 1. The molecule has 0 aliphatic heterocycles. The topological polar surface area (TPSA) is 0 Å². The molecule has 0 amide bonds. The van der Waals surface area contributed by atoms with E-state index in [0.29, 0.717) is 11.3 Å². The van der Waals surface area contributed by atoms with Gasteiger partial charge in [0.25, 0.3) is 0 Å². The van der Waals surface area contributed by atoms with E-state index in [1.54, 1.807) is 0 Å². The summed E-state index contributed by atoms with van der Waals surface area (Å²) in [7, 11) is -2.04. The summed E-state index contributed by atoms with van der Waals surface area (Å²) in [6.45, 7) is 14.4. The van der Waals surface area contributed by atoms with Crippen molar-refractivity contribution in [2.45, 2.75) is 50.2 Å². The van der Waals surface area contributed by atoms with Gasteiger partial charge in [-0.2, -0.15) is 0 Å². The third kappa shape index (κ3) is 3.25. The maximum Gasteiger partial charge on any atom is 0.0683 e. The Labute approximate surface area is 95.8 Å². The monoisotopic (exact) mass is 246 g/mol. The van der Waals surface area contributed by atoms with E-state index in [1.165, 1.54) is 0 Å². The number of rotatable bonds is 3. The van der Waals surface area contributed by atoms with Crippen molar-refractivity contribution >= 4 is 27.7 Å². The Morgan fingerprint density at radius 3 is 1.79 bits per heavy atom. The largest absolute Gasteiger partial charge is 0.122 e. The molecule has 0 bridgehead atoms. The van der Waals surface area contributed by atoms with Gasteiger partial charge in [-0.3, -0.25) is 0 Å². The minimum Gasteiger partial charge on any atom is -0.122 e. The highest BCUT2D eigenvalue weighted by molar-refractivity contribution is 6.81. The van der Waals surface area contributed by atoms with E-state index < -0.39 is 16.1 Å². The van der Waals surface area contributed by atoms with Crippen LogP contribution in [0.1, 0.15) is 0 Å². The van der Waals surface area contributed by atoms with Gasteiger partial charge in [-0.15, -0.1) is 11.6 Å². The van der Waals surface area contributed by atoms with E-state index in [4.69, 9.17) is 11.6 Å². The molecule has 0 heterocycles. The molecule has 0 spiro atoms. The van der Waals surface area contributed by atoms with Crippen LogP contribution in [0.4, 0.5) is 0 Å². The Balaban J connectivity index is 2.56. The first-order valence-electron chi connectivity index (χ1n) is 5.46. The van der Waals surface area contributed by atoms with E-state index in [0.717, 1.165) is 5.54 Å². The van der Waals surface area contributed by atoms with E-state index in [1.807, 2.05) is 0 Å². The second-order valence-corrected chi connectivity index (χ2v) is 17.6. The van der Waals surface area contributed by atoms with E-state index in [9.17, 15) is 0 Å². The zero-order valence-electron chi connectivity index (χ0n) is 10.3. The molecule has 82 valence electrons. The van der Waals surface area contributed by atoms with Gasteiger partial charge in [-0.05, 0) is 11.5 Å². The molecular formula is C11H23ClSi2. The van der Waals surface area contributed by atoms with E-state index in [2.05, 4.69) is 51.1 Å². The molecule has 1 fully saturated rings. The fourth-order valence-corrected chi connectivity index (χ4v) is 6.90. The zero-order valence-corrected chi connectivity index (χ0v) is 13.0. The first-order valence-corrected chi connectivity index (χ1v) is 13.1. The molecule has 0 N–H and O–H groups in total. The van der Waals surface area contributed by atoms with Crippen molar-refractivity contribution in [1.29, 1.82) is 0 Å². The Morgan fingerprint density at radius 1 is 1.00 bits per heavy atom. The Kier molecular flexibility index (Phi) is 3.40. The highest BCUT2D eigenvalue weighted by atomic mass is 35.5. The maximum atomic E-state index is 6.33. The van der Waals surface area contributed by atoms with Crippen LogP contribution in [0.2, 0.25) is 44.8 Å². The minimum absolute atomic E-state index is 0.439. The van der Waals surface area contributed by atoms with Gasteiger partial charge < -0.3 is 0 Å². The number of hydrogen-bond acceptors (Lipinski definition) is 0. The molecule has 1 saturated carbocycles. The molecule has 0 aromatic carbocycles. The molecule has 0 radical (unpaired) electrons. The van der Waals surface area contributed by atoms with Crippen LogP contribution in [-0.4, -0.2) is 21.5 Å². The van der Waals surface area contributed by atoms with Crippen LogP contribution in [0.25, 0.3) is 0 Å². The molecule has 3 unspecified atom stereocenters. The minimum atomic E-state index is -1.02. The summed E-state index contributed by atoms with van der Waals surface area (Å²) in [6, 6.07) is 0. The van der Waals surface area contributed by atoms with Crippen LogP contribution in [0.15, 0.2) is 11.8 Å². The summed E-state index contributed by atoms with van der Waals surface area (Å²) >= 11 is 6.33. The van der Waals surface area contributed by atoms with Crippen molar-refractivity contribution < 1.29 is 0 Å². The lowest BCUT2D eigenvalue weighted by Gasteiger charge is -2.14. The quantitative estimate of drug-likeness (QED) is 0.513. The lowest BCUT2D eigenvalue weighted by atomic mass is 10.4. The Bertz CT molecular complexity index is 235. The van der Waals surface area contributed by atoms with Crippen molar-refractivity contribution in [2.75, 3.05) is 0 Å². The average molecular weight is 247 g/mol. The Hall–Kier alpha value is 0.464. The highest BCUT2D eigenvalue weighted by Crippen LogP contribution is 2.56. The highest BCUT2D eigenvalue weighted by Gasteiger charge is 2.54. The molecule has 0 nitrogen and oxygen atoms in total. The lowest BCUT2D eigenvalue weighted by molar-refractivity contribution is 1.10. The molecule has 14 heavy (non-hydrogen) atoms. The maximum absolute atomic E-state index is 6.33. The van der Waals surface area contributed by atoms with Crippen LogP contribution in [-0.2, 0) is 0 Å². The summed E-state index contributed by atoms with van der Waals surface area (Å²) in [5, 5.41) is 0.439. The normalized spacial score (nSPS) is 33.8. The number of allylic oxidation sites excluding steroid dienone is 1. The first kappa shape index (κ1) is 12.5. The Morgan fingerprint density at radius 2 is 1.50 bits per heavy atom. The van der Waals surface area contributed by atoms with Gasteiger partial charge >= 0.3 is 0 Å². The van der Waals surface area contributed by atoms with Gasteiger partial charge in [0.2, 0.25) is 0 Å². The van der Waals surface area contributed by atoms with Crippen molar-refractivity contribution in [3.63, 3.8) is 0 Å². The zero-order chi connectivity index (χ0) is 11.1. The number of alkyl halides is 1. The van der Waals surface area contributed by atoms with Crippen molar-refractivity contribution in [1.82, 2.24) is 0 Å². The SMILES string of the molecule is C[Si](C)(C)/C=C/C1C(Cl)C1[Si](C)(C)C. The van der Waals surface area contributed by atoms with E-state index >= 15 is 0 Å². The molecule has 1 rings (SSSR count). The van der Waals surface area contributed by atoms with Gasteiger partial charge in [0.1, 0.15) is 0 Å². The molecule has 3 atom stereocenters. The second kappa shape index (κ2) is 3.80. The summed E-state index contributed by atoms with van der Waals surface area (Å²) in [6.07, 6.45) is 2.41. The lowest BCUT2D eigenvalue weighted by Crippen LogP contribution is -2.21. The van der Waals surface area contributed by atoms with Crippen LogP contribution in [0, 0.1) is 5.92 Å². The average Bonchev–Trinajstić information content (AvgIpc) is 2.54. The second-order valence-electron chi connectivity index (χ2n) is 6.64. The van der Waals surface area contributed by atoms with Gasteiger partial charge in [0.15, 0.2) is 0 Å². The summed E-state index contributed by atoms with van der Waals surface area (Å²) in [5.74, 6) is 0.690. The van der Waals surface area contributed by atoms with Gasteiger partial charge in [0, 0.05) is 13.5 Å². The number of hydrogen-bond donors (Lipinski definition) is 0. The van der Waals surface area contributed by atoms with Crippen LogP contribution < -0.4 is 0 Å². The fourth-order valence-electron chi connectivity index (χ4n) is 1.98. The van der Waals surface area contributed by atoms with Crippen molar-refractivity contribution in [2.24, 2.45) is 5.92 Å². The van der Waals surface area contributed by atoms with Gasteiger partial charge in [-0.1, -0.05) is 51.1 Å². The summed E-state index contributed by atoms with van der Waals surface area (Å²) in [5.41, 5.74) is 3.27. The molecule has 0 saturated heterocycles. The molecule has 0 aromatic rings. The molecule has 0 aromatic heterocycles. The third-order valence-corrected chi connectivity index (χ3v) is 7.51. The standard InChI is InChI=1S/C11H23ClSi2/c1-13(2,3)8-7-9-10(12)11(9)14(4,5)6/h7-11H,1-6H3/b8-7+. The first-order chi connectivity index (χ1) is 6.13. The molecule has 3 heteroatoms. The molecular weight excluding hydrogens is 224 g/mol. The van der Waals surface area contributed by atoms with Crippen LogP contribution in [0.5, 0.6) is 0 Å². The third-order valence-electron chi connectivity index (χ3n) is 2.80. The van der Waals surface area contributed by atoms with Crippen molar-refractivity contribution in [3.05, 3.63) is 11.8 Å². The van der Waals surface area contributed by atoms with Crippen LogP contribution >= 0.6 is 11.6 Å². The van der Waals surface area contributed by atoms with Gasteiger partial charge in [0.05, 0.1) is 8.07 Å². The van der Waals surface area contributed by atoms with Crippen molar-refractivity contribution in [3.8, 4) is 0 Å². The van der Waals surface area contributed by atoms with E-state index in [-0.39, 0.29) is 0 Å². The summed E-state index contributed by atoms with van der Waals surface area (Å²) < 4.78 is 0. The molecule has 1 aliphatic carbocycles. The predicted octanol–water partition coefficient (Wildman–Crippen LogP) is 4.37.